The maximum Gasteiger partial charge on any atom is 0.231 e. The molecule has 2 heterocycles. The van der Waals surface area contributed by atoms with Crippen LogP contribution in [0.4, 0.5) is 11.5 Å². The van der Waals surface area contributed by atoms with Crippen LogP contribution in [0.5, 0.6) is 5.75 Å². The van der Waals surface area contributed by atoms with Crippen LogP contribution < -0.4 is 15.0 Å². The summed E-state index contributed by atoms with van der Waals surface area (Å²) in [7, 11) is 1.58. The normalized spacial score (nSPS) is 16.1. The van der Waals surface area contributed by atoms with Crippen LogP contribution in [-0.4, -0.2) is 35.2 Å². The van der Waals surface area contributed by atoms with Gasteiger partial charge in [0, 0.05) is 37.0 Å². The summed E-state index contributed by atoms with van der Waals surface area (Å²) < 4.78 is 6.99. The molecular formula is C22H22N4O3. The second-order valence-electron chi connectivity index (χ2n) is 6.98. The van der Waals surface area contributed by atoms with Crippen LogP contribution in [0.15, 0.2) is 66.9 Å². The Morgan fingerprint density at radius 2 is 2.00 bits per heavy atom. The van der Waals surface area contributed by atoms with Gasteiger partial charge in [-0.1, -0.05) is 36.4 Å². The molecule has 1 atom stereocenters. The molecule has 0 saturated carbocycles. The van der Waals surface area contributed by atoms with E-state index in [1.807, 2.05) is 54.7 Å². The number of aromatic nitrogens is 2. The highest BCUT2D eigenvalue weighted by Gasteiger charge is 2.35. The molecule has 7 nitrogen and oxygen atoms in total. The van der Waals surface area contributed by atoms with Crippen molar-refractivity contribution < 1.29 is 14.3 Å². The minimum Gasteiger partial charge on any atom is -0.497 e. The molecule has 1 aromatic heterocycles. The van der Waals surface area contributed by atoms with Crippen molar-refractivity contribution in [2.75, 3.05) is 23.9 Å². The number of hydrogen-bond donors (Lipinski definition) is 1. The molecule has 2 aromatic carbocycles. The summed E-state index contributed by atoms with van der Waals surface area (Å²) in [6.45, 7) is 0.963. The third-order valence-electron chi connectivity index (χ3n) is 4.94. The first-order valence-electron chi connectivity index (χ1n) is 9.45. The van der Waals surface area contributed by atoms with E-state index in [-0.39, 0.29) is 18.2 Å². The van der Waals surface area contributed by atoms with Crippen molar-refractivity contribution in [1.29, 1.82) is 0 Å². The van der Waals surface area contributed by atoms with Gasteiger partial charge in [0.05, 0.1) is 19.6 Å². The molecule has 3 aromatic rings. The Labute approximate surface area is 168 Å². The Bertz CT molecular complexity index is 1020. The lowest BCUT2D eigenvalue weighted by atomic mass is 10.1. The highest BCUT2D eigenvalue weighted by molar-refractivity contribution is 6.03. The number of hydrogen-bond acceptors (Lipinski definition) is 4. The summed E-state index contributed by atoms with van der Waals surface area (Å²) in [5.74, 6) is 0.458. The molecule has 4 rings (SSSR count). The molecule has 1 aliphatic rings. The fraction of sp³-hybridized carbons (Fsp3) is 0.227. The van der Waals surface area contributed by atoms with Crippen LogP contribution in [0.25, 0.3) is 0 Å². The summed E-state index contributed by atoms with van der Waals surface area (Å²) in [6, 6.07) is 19.0. The van der Waals surface area contributed by atoms with E-state index < -0.39 is 5.92 Å². The van der Waals surface area contributed by atoms with Crippen molar-refractivity contribution in [3.8, 4) is 5.75 Å². The average Bonchev–Trinajstić information content (AvgIpc) is 3.35. The molecule has 2 amide bonds. The molecule has 0 aliphatic carbocycles. The quantitative estimate of drug-likeness (QED) is 0.702. The van der Waals surface area contributed by atoms with Crippen LogP contribution in [0, 0.1) is 5.92 Å². The number of carbonyl (C=O) groups is 2. The number of benzene rings is 2. The maximum absolute atomic E-state index is 12.7. The molecule has 1 saturated heterocycles. The van der Waals surface area contributed by atoms with Crippen LogP contribution in [0.2, 0.25) is 0 Å². The first-order valence-corrected chi connectivity index (χ1v) is 9.45. The summed E-state index contributed by atoms with van der Waals surface area (Å²) in [5, 5.41) is 7.24. The molecular weight excluding hydrogens is 368 g/mol. The van der Waals surface area contributed by atoms with Gasteiger partial charge in [0.25, 0.3) is 0 Å². The van der Waals surface area contributed by atoms with Gasteiger partial charge in [0.15, 0.2) is 5.82 Å². The predicted octanol–water partition coefficient (Wildman–Crippen LogP) is 2.93. The molecule has 1 unspecified atom stereocenters. The number of methoxy groups -OCH3 is 1. The summed E-state index contributed by atoms with van der Waals surface area (Å²) in [6.07, 6.45) is 2.00. The van der Waals surface area contributed by atoms with Crippen LogP contribution >= 0.6 is 0 Å². The zero-order valence-corrected chi connectivity index (χ0v) is 16.1. The zero-order valence-electron chi connectivity index (χ0n) is 16.1. The van der Waals surface area contributed by atoms with Crippen molar-refractivity contribution in [1.82, 2.24) is 9.78 Å². The van der Waals surface area contributed by atoms with Crippen molar-refractivity contribution >= 4 is 23.3 Å². The maximum atomic E-state index is 12.7. The number of ether oxygens (including phenoxy) is 1. The van der Waals surface area contributed by atoms with E-state index in [0.717, 1.165) is 11.3 Å². The summed E-state index contributed by atoms with van der Waals surface area (Å²) >= 11 is 0. The first kappa shape index (κ1) is 18.7. The molecule has 0 spiro atoms. The average molecular weight is 390 g/mol. The summed E-state index contributed by atoms with van der Waals surface area (Å²) in [5.41, 5.74) is 1.86. The predicted molar refractivity (Wildman–Crippen MR) is 110 cm³/mol. The van der Waals surface area contributed by atoms with E-state index in [9.17, 15) is 9.59 Å². The third-order valence-corrected chi connectivity index (χ3v) is 4.94. The minimum absolute atomic E-state index is 0.0759. The van der Waals surface area contributed by atoms with E-state index in [2.05, 4.69) is 10.4 Å². The Morgan fingerprint density at radius 1 is 1.17 bits per heavy atom. The fourth-order valence-electron chi connectivity index (χ4n) is 3.43. The van der Waals surface area contributed by atoms with Crippen LogP contribution in [-0.2, 0) is 16.1 Å². The van der Waals surface area contributed by atoms with Gasteiger partial charge in [-0.2, -0.15) is 5.10 Å². The van der Waals surface area contributed by atoms with Crippen molar-refractivity contribution in [2.24, 2.45) is 5.92 Å². The second-order valence-corrected chi connectivity index (χ2v) is 6.98. The highest BCUT2D eigenvalue weighted by atomic mass is 16.5. The lowest BCUT2D eigenvalue weighted by Gasteiger charge is -2.17. The minimum atomic E-state index is -0.423. The SMILES string of the molecule is COc1cccc(N2CC(C(=O)Nc3ccn(Cc4ccccc4)n3)CC2=O)c1. The highest BCUT2D eigenvalue weighted by Crippen LogP contribution is 2.28. The standard InChI is InChI=1S/C22H22N4O3/c1-29-19-9-5-8-18(13-19)26-15-17(12-21(26)27)22(28)23-20-10-11-25(24-20)14-16-6-3-2-4-7-16/h2-11,13,17H,12,14-15H2,1H3,(H,23,24,28). The fourth-order valence-corrected chi connectivity index (χ4v) is 3.43. The molecule has 1 N–H and O–H groups in total. The second kappa shape index (κ2) is 8.18. The molecule has 1 aliphatic heterocycles. The van der Waals surface area contributed by atoms with E-state index in [4.69, 9.17) is 4.74 Å². The number of anilines is 2. The Balaban J connectivity index is 1.38. The number of nitrogens with one attached hydrogen (secondary N) is 1. The van der Waals surface area contributed by atoms with Gasteiger partial charge < -0.3 is 15.0 Å². The topological polar surface area (TPSA) is 76.5 Å². The molecule has 0 bridgehead atoms. The number of rotatable bonds is 6. The Hall–Kier alpha value is -3.61. The van der Waals surface area contributed by atoms with Gasteiger partial charge in [-0.15, -0.1) is 0 Å². The zero-order chi connectivity index (χ0) is 20.2. The first-order chi connectivity index (χ1) is 14.1. The Kier molecular flexibility index (Phi) is 5.29. The number of nitrogens with zero attached hydrogens (tertiary/aromatic N) is 3. The van der Waals surface area contributed by atoms with E-state index in [1.54, 1.807) is 28.8 Å². The monoisotopic (exact) mass is 390 g/mol. The van der Waals surface area contributed by atoms with Gasteiger partial charge in [-0.05, 0) is 17.7 Å². The van der Waals surface area contributed by atoms with Crippen LogP contribution in [0.3, 0.4) is 0 Å². The van der Waals surface area contributed by atoms with Crippen LogP contribution in [0.1, 0.15) is 12.0 Å². The van der Waals surface area contributed by atoms with Crippen molar-refractivity contribution in [3.05, 3.63) is 72.4 Å². The van der Waals surface area contributed by atoms with Crippen molar-refractivity contribution in [2.45, 2.75) is 13.0 Å². The lowest BCUT2D eigenvalue weighted by Crippen LogP contribution is -2.28. The van der Waals surface area contributed by atoms with Gasteiger partial charge in [-0.25, -0.2) is 0 Å². The largest absolute Gasteiger partial charge is 0.497 e. The smallest absolute Gasteiger partial charge is 0.231 e. The molecule has 29 heavy (non-hydrogen) atoms. The molecule has 0 radical (unpaired) electrons. The van der Waals surface area contributed by atoms with E-state index in [1.165, 1.54) is 0 Å². The number of carbonyl (C=O) groups excluding carboxylic acids is 2. The molecule has 7 heteroatoms. The third kappa shape index (κ3) is 4.29. The van der Waals surface area contributed by atoms with Gasteiger partial charge in [-0.3, -0.25) is 14.3 Å². The van der Waals surface area contributed by atoms with Gasteiger partial charge >= 0.3 is 0 Å². The van der Waals surface area contributed by atoms with Gasteiger partial charge in [0.1, 0.15) is 5.75 Å². The van der Waals surface area contributed by atoms with E-state index in [0.29, 0.717) is 24.7 Å². The molecule has 148 valence electrons. The lowest BCUT2D eigenvalue weighted by molar-refractivity contribution is -0.122. The summed E-state index contributed by atoms with van der Waals surface area (Å²) in [4.78, 5) is 26.7. The van der Waals surface area contributed by atoms with Crippen molar-refractivity contribution in [3.63, 3.8) is 0 Å². The van der Waals surface area contributed by atoms with Gasteiger partial charge in [0.2, 0.25) is 11.8 Å². The van der Waals surface area contributed by atoms with E-state index >= 15 is 0 Å². The Morgan fingerprint density at radius 3 is 2.79 bits per heavy atom. The number of amides is 2. The molecule has 1 fully saturated rings.